The van der Waals surface area contributed by atoms with Gasteiger partial charge < -0.3 is 30.4 Å². The molecule has 0 aliphatic carbocycles. The van der Waals surface area contributed by atoms with Gasteiger partial charge in [0.1, 0.15) is 24.5 Å². The van der Waals surface area contributed by atoms with Crippen LogP contribution in [-0.2, 0) is 16.0 Å². The summed E-state index contributed by atoms with van der Waals surface area (Å²) in [4.78, 5) is 22.6. The molecule has 1 atom stereocenters. The molecule has 0 radical (unpaired) electrons. The van der Waals surface area contributed by atoms with Crippen LogP contribution in [0.25, 0.3) is 10.9 Å². The number of aliphatic hydroxyl groups is 1. The van der Waals surface area contributed by atoms with Crippen LogP contribution in [0, 0.1) is 11.3 Å². The standard InChI is InChI=1S/C22H25N3O2.C4H6O4/c1-22(2,11-17-13-24-20-9-5-4-8-19(17)20)25-14-18(26)15-27-21-10-6-3-7-16(21)12-23;5-3(6)1-2-4(7)8/h3-10,13,18,24-26H,11,14-15H2,1-2H3;1-2H2,(H,5,6)(H,7,8). The molecule has 5 N–H and O–H groups in total. The van der Waals surface area contributed by atoms with Gasteiger partial charge in [0, 0.05) is 29.2 Å². The molecular formula is C26H31N3O6. The fourth-order valence-electron chi connectivity index (χ4n) is 3.35. The van der Waals surface area contributed by atoms with Crippen molar-refractivity contribution in [3.8, 4) is 11.8 Å². The summed E-state index contributed by atoms with van der Waals surface area (Å²) in [6, 6.07) is 17.4. The average molecular weight is 482 g/mol. The van der Waals surface area contributed by atoms with Gasteiger partial charge in [-0.25, -0.2) is 0 Å². The Kier molecular flexibility index (Phi) is 10.3. The van der Waals surface area contributed by atoms with Crippen LogP contribution in [0.15, 0.2) is 54.7 Å². The first-order chi connectivity index (χ1) is 16.6. The highest BCUT2D eigenvalue weighted by molar-refractivity contribution is 5.83. The lowest BCUT2D eigenvalue weighted by Gasteiger charge is -2.28. The maximum absolute atomic E-state index is 10.3. The number of hydrogen-bond donors (Lipinski definition) is 5. The molecule has 0 fully saturated rings. The minimum absolute atomic E-state index is 0.134. The summed E-state index contributed by atoms with van der Waals surface area (Å²) in [5, 5.41) is 39.8. The van der Waals surface area contributed by atoms with Crippen LogP contribution < -0.4 is 10.1 Å². The van der Waals surface area contributed by atoms with Crippen molar-refractivity contribution in [2.24, 2.45) is 0 Å². The Labute approximate surface area is 204 Å². The number of nitriles is 1. The molecule has 1 unspecified atom stereocenters. The molecule has 0 aliphatic rings. The predicted octanol–water partition coefficient (Wildman–Crippen LogP) is 3.33. The van der Waals surface area contributed by atoms with E-state index in [0.717, 1.165) is 11.9 Å². The molecule has 3 aromatic rings. The van der Waals surface area contributed by atoms with E-state index in [1.165, 1.54) is 10.9 Å². The number of nitrogens with zero attached hydrogens (tertiary/aromatic N) is 1. The number of rotatable bonds is 11. The highest BCUT2D eigenvalue weighted by atomic mass is 16.5. The van der Waals surface area contributed by atoms with E-state index < -0.39 is 18.0 Å². The zero-order valence-electron chi connectivity index (χ0n) is 19.8. The van der Waals surface area contributed by atoms with Crippen molar-refractivity contribution in [3.05, 3.63) is 65.9 Å². The molecule has 9 nitrogen and oxygen atoms in total. The maximum atomic E-state index is 10.3. The lowest BCUT2D eigenvalue weighted by atomic mass is 9.94. The van der Waals surface area contributed by atoms with Gasteiger partial charge in [0.15, 0.2) is 0 Å². The van der Waals surface area contributed by atoms with Gasteiger partial charge in [-0.05, 0) is 44.0 Å². The third-order valence-corrected chi connectivity index (χ3v) is 5.12. The number of para-hydroxylation sites is 2. The van der Waals surface area contributed by atoms with Gasteiger partial charge in [-0.2, -0.15) is 5.26 Å². The first-order valence-corrected chi connectivity index (χ1v) is 11.1. The lowest BCUT2D eigenvalue weighted by molar-refractivity contribution is -0.143. The Morgan fingerprint density at radius 1 is 1.09 bits per heavy atom. The number of carbonyl (C=O) groups is 2. The van der Waals surface area contributed by atoms with Crippen LogP contribution in [0.5, 0.6) is 5.75 Å². The number of aromatic nitrogens is 1. The minimum atomic E-state index is -1.08. The second-order valence-electron chi connectivity index (χ2n) is 8.66. The smallest absolute Gasteiger partial charge is 0.303 e. The van der Waals surface area contributed by atoms with E-state index in [4.69, 9.17) is 20.2 Å². The van der Waals surface area contributed by atoms with Gasteiger partial charge >= 0.3 is 11.9 Å². The second-order valence-corrected chi connectivity index (χ2v) is 8.66. The quantitative estimate of drug-likeness (QED) is 0.279. The number of benzene rings is 2. The number of H-pyrrole nitrogens is 1. The summed E-state index contributed by atoms with van der Waals surface area (Å²) in [5.74, 6) is -1.66. The first-order valence-electron chi connectivity index (χ1n) is 11.1. The summed E-state index contributed by atoms with van der Waals surface area (Å²) < 4.78 is 5.60. The average Bonchev–Trinajstić information content (AvgIpc) is 3.23. The molecule has 0 saturated heterocycles. The Morgan fingerprint density at radius 3 is 2.37 bits per heavy atom. The number of nitrogens with one attached hydrogen (secondary N) is 2. The summed E-state index contributed by atoms with van der Waals surface area (Å²) in [7, 11) is 0. The first kappa shape index (κ1) is 27.4. The zero-order valence-corrected chi connectivity index (χ0v) is 19.8. The monoisotopic (exact) mass is 481 g/mol. The van der Waals surface area contributed by atoms with Crippen LogP contribution in [0.4, 0.5) is 0 Å². The highest BCUT2D eigenvalue weighted by Crippen LogP contribution is 2.22. The van der Waals surface area contributed by atoms with E-state index >= 15 is 0 Å². The molecule has 0 aliphatic heterocycles. The van der Waals surface area contributed by atoms with Crippen molar-refractivity contribution in [2.75, 3.05) is 13.2 Å². The Bertz CT molecular complexity index is 1150. The summed E-state index contributed by atoms with van der Waals surface area (Å²) in [6.07, 6.45) is 1.62. The van der Waals surface area contributed by atoms with Crippen molar-refractivity contribution in [1.82, 2.24) is 10.3 Å². The zero-order chi connectivity index (χ0) is 25.8. The van der Waals surface area contributed by atoms with Gasteiger partial charge in [0.05, 0.1) is 18.4 Å². The molecule has 0 saturated carbocycles. The van der Waals surface area contributed by atoms with Crippen molar-refractivity contribution < 1.29 is 29.6 Å². The van der Waals surface area contributed by atoms with Gasteiger partial charge in [0.2, 0.25) is 0 Å². The van der Waals surface area contributed by atoms with Crippen LogP contribution >= 0.6 is 0 Å². The molecular weight excluding hydrogens is 450 g/mol. The Balaban J connectivity index is 0.000000466. The van der Waals surface area contributed by atoms with E-state index in [1.807, 2.05) is 24.4 Å². The topological polar surface area (TPSA) is 156 Å². The van der Waals surface area contributed by atoms with Gasteiger partial charge in [-0.3, -0.25) is 9.59 Å². The van der Waals surface area contributed by atoms with Crippen LogP contribution in [0.3, 0.4) is 0 Å². The maximum Gasteiger partial charge on any atom is 0.303 e. The summed E-state index contributed by atoms with van der Waals surface area (Å²) in [5.41, 5.74) is 2.67. The van der Waals surface area contributed by atoms with Crippen molar-refractivity contribution in [3.63, 3.8) is 0 Å². The van der Waals surface area contributed by atoms with Crippen LogP contribution in [0.1, 0.15) is 37.8 Å². The molecule has 1 heterocycles. The molecule has 0 amide bonds. The number of aromatic amines is 1. The number of aliphatic hydroxyl groups excluding tert-OH is 1. The molecule has 35 heavy (non-hydrogen) atoms. The van der Waals surface area contributed by atoms with Crippen molar-refractivity contribution >= 4 is 22.8 Å². The van der Waals surface area contributed by atoms with Crippen LogP contribution in [-0.4, -0.2) is 57.0 Å². The lowest BCUT2D eigenvalue weighted by Crippen LogP contribution is -2.46. The summed E-state index contributed by atoms with van der Waals surface area (Å²) >= 11 is 0. The van der Waals surface area contributed by atoms with Gasteiger partial charge in [0.25, 0.3) is 0 Å². The highest BCUT2D eigenvalue weighted by Gasteiger charge is 2.21. The molecule has 2 aromatic carbocycles. The van der Waals surface area contributed by atoms with E-state index in [-0.39, 0.29) is 25.0 Å². The third kappa shape index (κ3) is 9.49. The number of fused-ring (bicyclic) bond motifs is 1. The number of aliphatic carboxylic acids is 2. The Morgan fingerprint density at radius 2 is 1.71 bits per heavy atom. The van der Waals surface area contributed by atoms with E-state index in [1.54, 1.807) is 18.2 Å². The van der Waals surface area contributed by atoms with Crippen molar-refractivity contribution in [1.29, 1.82) is 5.26 Å². The molecule has 0 spiro atoms. The molecule has 0 bridgehead atoms. The minimum Gasteiger partial charge on any atom is -0.489 e. The normalized spacial score (nSPS) is 11.7. The van der Waals surface area contributed by atoms with E-state index in [0.29, 0.717) is 17.9 Å². The molecule has 3 rings (SSSR count). The second kappa shape index (κ2) is 13.1. The fourth-order valence-corrected chi connectivity index (χ4v) is 3.35. The number of carboxylic acid groups (broad SMARTS) is 2. The van der Waals surface area contributed by atoms with E-state index in [9.17, 15) is 14.7 Å². The molecule has 186 valence electrons. The number of β-amino-alcohol motifs (C(OH)–C–C–N with tert-alkyl or cyclic N) is 1. The molecule has 1 aromatic heterocycles. The molecule has 9 heteroatoms. The fraction of sp³-hybridized carbons (Fsp3) is 0.346. The van der Waals surface area contributed by atoms with Gasteiger partial charge in [-0.15, -0.1) is 0 Å². The van der Waals surface area contributed by atoms with Gasteiger partial charge in [-0.1, -0.05) is 30.3 Å². The summed E-state index contributed by atoms with van der Waals surface area (Å²) in [6.45, 7) is 4.78. The number of ether oxygens (including phenoxy) is 1. The van der Waals surface area contributed by atoms with Crippen molar-refractivity contribution in [2.45, 2.75) is 44.8 Å². The largest absolute Gasteiger partial charge is 0.489 e. The predicted molar refractivity (Wildman–Crippen MR) is 131 cm³/mol. The van der Waals surface area contributed by atoms with Crippen LogP contribution in [0.2, 0.25) is 0 Å². The number of carboxylic acids is 2. The Hall–Kier alpha value is -3.87. The third-order valence-electron chi connectivity index (χ3n) is 5.12. The number of hydrogen-bond acceptors (Lipinski definition) is 6. The van der Waals surface area contributed by atoms with E-state index in [2.05, 4.69) is 42.4 Å². The SMILES string of the molecule is CC(C)(Cc1c[nH]c2ccccc12)NCC(O)COc1ccccc1C#N.O=C(O)CCC(=O)O.